The lowest BCUT2D eigenvalue weighted by Crippen LogP contribution is -2.42. The zero-order valence-electron chi connectivity index (χ0n) is 14.6. The molecule has 0 saturated heterocycles. The third kappa shape index (κ3) is 2.77. The summed E-state index contributed by atoms with van der Waals surface area (Å²) in [6.45, 7) is 0.743. The van der Waals surface area contributed by atoms with Crippen LogP contribution in [0.5, 0.6) is 11.5 Å². The second-order valence-corrected chi connectivity index (χ2v) is 6.62. The van der Waals surface area contributed by atoms with Crippen LogP contribution in [-0.2, 0) is 6.54 Å². The van der Waals surface area contributed by atoms with Gasteiger partial charge >= 0.3 is 0 Å². The highest BCUT2D eigenvalue weighted by Gasteiger charge is 2.33. The molecule has 5 nitrogen and oxygen atoms in total. The first-order valence-electron chi connectivity index (χ1n) is 8.89. The Morgan fingerprint density at radius 3 is 2.59 bits per heavy atom. The Kier molecular flexibility index (Phi) is 3.71. The summed E-state index contributed by atoms with van der Waals surface area (Å²) in [5, 5.41) is 3.51. The van der Waals surface area contributed by atoms with Gasteiger partial charge in [-0.05, 0) is 35.4 Å². The van der Waals surface area contributed by atoms with E-state index >= 15 is 0 Å². The Balaban J connectivity index is 1.57. The molecule has 3 aromatic carbocycles. The molecule has 1 unspecified atom stereocenters. The van der Waals surface area contributed by atoms with E-state index in [1.54, 1.807) is 0 Å². The quantitative estimate of drug-likeness (QED) is 0.763. The van der Waals surface area contributed by atoms with Crippen LogP contribution >= 0.6 is 0 Å². The lowest BCUT2D eigenvalue weighted by molar-refractivity contribution is 0.0666. The maximum Gasteiger partial charge on any atom is 0.258 e. The molecule has 0 radical (unpaired) electrons. The molecule has 0 fully saturated rings. The Hall–Kier alpha value is -3.47. The van der Waals surface area contributed by atoms with E-state index in [1.807, 2.05) is 77.7 Å². The van der Waals surface area contributed by atoms with Crippen molar-refractivity contribution in [3.05, 3.63) is 89.5 Å². The Bertz CT molecular complexity index is 1000. The minimum atomic E-state index is -0.290. The van der Waals surface area contributed by atoms with Crippen LogP contribution in [0.4, 0.5) is 5.69 Å². The van der Waals surface area contributed by atoms with Gasteiger partial charge in [0.2, 0.25) is 6.79 Å². The molecule has 134 valence electrons. The van der Waals surface area contributed by atoms with Crippen LogP contribution < -0.4 is 14.8 Å². The van der Waals surface area contributed by atoms with Gasteiger partial charge in [-0.25, -0.2) is 0 Å². The van der Waals surface area contributed by atoms with Crippen molar-refractivity contribution >= 4 is 11.6 Å². The molecule has 0 aliphatic carbocycles. The summed E-state index contributed by atoms with van der Waals surface area (Å²) in [5.74, 6) is 1.45. The topological polar surface area (TPSA) is 50.8 Å². The first-order valence-corrected chi connectivity index (χ1v) is 8.89. The van der Waals surface area contributed by atoms with E-state index in [4.69, 9.17) is 9.47 Å². The third-order valence-electron chi connectivity index (χ3n) is 4.93. The summed E-state index contributed by atoms with van der Waals surface area (Å²) >= 11 is 0. The molecule has 0 bridgehead atoms. The van der Waals surface area contributed by atoms with Crippen molar-refractivity contribution in [2.45, 2.75) is 12.7 Å². The standard InChI is InChI=1S/C22H18N2O3/c25-22-17-8-4-5-9-18(17)23-21(24(22)13-15-6-2-1-3-7-15)16-10-11-19-20(12-16)27-14-26-19/h1-12,21,23H,13-14H2. The normalized spacial score (nSPS) is 17.4. The number of carbonyl (C=O) groups excluding carboxylic acids is 1. The lowest BCUT2D eigenvalue weighted by Gasteiger charge is -2.38. The predicted octanol–water partition coefficient (Wildman–Crippen LogP) is 4.18. The summed E-state index contributed by atoms with van der Waals surface area (Å²) in [7, 11) is 0. The minimum Gasteiger partial charge on any atom is -0.454 e. The summed E-state index contributed by atoms with van der Waals surface area (Å²) in [6, 6.07) is 23.4. The third-order valence-corrected chi connectivity index (χ3v) is 4.93. The van der Waals surface area contributed by atoms with Gasteiger partial charge in [-0.3, -0.25) is 4.79 Å². The first kappa shape index (κ1) is 15.8. The molecular formula is C22H18N2O3. The van der Waals surface area contributed by atoms with Gasteiger partial charge in [0.1, 0.15) is 6.17 Å². The van der Waals surface area contributed by atoms with Crippen molar-refractivity contribution in [3.63, 3.8) is 0 Å². The second-order valence-electron chi connectivity index (χ2n) is 6.62. The number of ether oxygens (including phenoxy) is 2. The molecule has 1 N–H and O–H groups in total. The summed E-state index contributed by atoms with van der Waals surface area (Å²) in [5.41, 5.74) is 3.57. The van der Waals surface area contributed by atoms with Gasteiger partial charge in [0.25, 0.3) is 5.91 Å². The van der Waals surface area contributed by atoms with Crippen LogP contribution in [-0.4, -0.2) is 17.6 Å². The number of rotatable bonds is 3. The fraction of sp³-hybridized carbons (Fsp3) is 0.136. The monoisotopic (exact) mass is 358 g/mol. The smallest absolute Gasteiger partial charge is 0.258 e. The molecule has 5 heteroatoms. The Morgan fingerprint density at radius 1 is 0.926 bits per heavy atom. The van der Waals surface area contributed by atoms with E-state index < -0.39 is 0 Å². The highest BCUT2D eigenvalue weighted by atomic mass is 16.7. The number of nitrogens with one attached hydrogen (secondary N) is 1. The molecule has 1 atom stereocenters. The van der Waals surface area contributed by atoms with E-state index in [2.05, 4.69) is 5.32 Å². The highest BCUT2D eigenvalue weighted by Crippen LogP contribution is 2.39. The van der Waals surface area contributed by atoms with Crippen molar-refractivity contribution in [3.8, 4) is 11.5 Å². The lowest BCUT2D eigenvalue weighted by atomic mass is 10.0. The number of anilines is 1. The van der Waals surface area contributed by atoms with E-state index in [0.29, 0.717) is 17.9 Å². The fourth-order valence-corrected chi connectivity index (χ4v) is 3.58. The maximum atomic E-state index is 13.3. The van der Waals surface area contributed by atoms with Crippen LogP contribution in [0.3, 0.4) is 0 Å². The molecule has 1 amide bonds. The number of hydrogen-bond donors (Lipinski definition) is 1. The molecule has 0 aromatic heterocycles. The molecule has 27 heavy (non-hydrogen) atoms. The van der Waals surface area contributed by atoms with Crippen LogP contribution in [0.25, 0.3) is 0 Å². The van der Waals surface area contributed by atoms with Gasteiger partial charge in [0, 0.05) is 12.2 Å². The first-order chi connectivity index (χ1) is 13.3. The van der Waals surface area contributed by atoms with Crippen LogP contribution in [0, 0.1) is 0 Å². The predicted molar refractivity (Wildman–Crippen MR) is 102 cm³/mol. The Morgan fingerprint density at radius 2 is 1.70 bits per heavy atom. The van der Waals surface area contributed by atoms with Crippen molar-refractivity contribution in [2.75, 3.05) is 12.1 Å². The van der Waals surface area contributed by atoms with Gasteiger partial charge < -0.3 is 19.7 Å². The largest absolute Gasteiger partial charge is 0.454 e. The zero-order valence-corrected chi connectivity index (χ0v) is 14.6. The number of carbonyl (C=O) groups is 1. The SMILES string of the molecule is O=C1c2ccccc2NC(c2ccc3c(c2)OCO3)N1Cc1ccccc1. The molecule has 0 saturated carbocycles. The Labute approximate surface area is 157 Å². The van der Waals surface area contributed by atoms with Crippen molar-refractivity contribution < 1.29 is 14.3 Å². The average molecular weight is 358 g/mol. The molecule has 2 aliphatic heterocycles. The highest BCUT2D eigenvalue weighted by molar-refractivity contribution is 6.01. The second kappa shape index (κ2) is 6.36. The summed E-state index contributed by atoms with van der Waals surface area (Å²) < 4.78 is 10.9. The van der Waals surface area contributed by atoms with E-state index in [9.17, 15) is 4.79 Å². The van der Waals surface area contributed by atoms with E-state index in [0.717, 1.165) is 22.6 Å². The van der Waals surface area contributed by atoms with Gasteiger partial charge in [-0.15, -0.1) is 0 Å². The van der Waals surface area contributed by atoms with Crippen molar-refractivity contribution in [2.24, 2.45) is 0 Å². The number of para-hydroxylation sites is 1. The fourth-order valence-electron chi connectivity index (χ4n) is 3.58. The minimum absolute atomic E-state index is 0.0101. The van der Waals surface area contributed by atoms with Crippen molar-refractivity contribution in [1.82, 2.24) is 4.90 Å². The van der Waals surface area contributed by atoms with Crippen LogP contribution in [0.15, 0.2) is 72.8 Å². The average Bonchev–Trinajstić information content (AvgIpc) is 3.19. The molecule has 3 aromatic rings. The van der Waals surface area contributed by atoms with Crippen molar-refractivity contribution in [1.29, 1.82) is 0 Å². The molecule has 2 aliphatic rings. The molecular weight excluding hydrogens is 340 g/mol. The number of fused-ring (bicyclic) bond motifs is 2. The van der Waals surface area contributed by atoms with Crippen LogP contribution in [0.2, 0.25) is 0 Å². The number of hydrogen-bond acceptors (Lipinski definition) is 4. The zero-order chi connectivity index (χ0) is 18.2. The summed E-state index contributed by atoms with van der Waals surface area (Å²) in [6.07, 6.45) is -0.290. The summed E-state index contributed by atoms with van der Waals surface area (Å²) in [4.78, 5) is 15.1. The van der Waals surface area contributed by atoms with Gasteiger partial charge in [0.05, 0.1) is 5.56 Å². The van der Waals surface area contributed by atoms with Gasteiger partial charge in [-0.2, -0.15) is 0 Å². The van der Waals surface area contributed by atoms with Crippen LogP contribution in [0.1, 0.15) is 27.7 Å². The maximum absolute atomic E-state index is 13.3. The van der Waals surface area contributed by atoms with E-state index in [1.165, 1.54) is 0 Å². The molecule has 0 spiro atoms. The number of amides is 1. The van der Waals surface area contributed by atoms with Gasteiger partial charge in [0.15, 0.2) is 11.5 Å². The number of nitrogens with zero attached hydrogens (tertiary/aromatic N) is 1. The van der Waals surface area contributed by atoms with E-state index in [-0.39, 0.29) is 18.9 Å². The number of benzene rings is 3. The molecule has 2 heterocycles. The van der Waals surface area contributed by atoms with Gasteiger partial charge in [-0.1, -0.05) is 48.5 Å². The molecule has 5 rings (SSSR count).